The summed E-state index contributed by atoms with van der Waals surface area (Å²) in [6.07, 6.45) is 19.8. The van der Waals surface area contributed by atoms with Gasteiger partial charge in [0, 0.05) is 12.8 Å². The highest BCUT2D eigenvalue weighted by Crippen LogP contribution is 2.16. The van der Waals surface area contributed by atoms with Crippen molar-refractivity contribution in [1.82, 2.24) is 5.32 Å². The van der Waals surface area contributed by atoms with Gasteiger partial charge in [-0.05, 0) is 79.2 Å². The van der Waals surface area contributed by atoms with Crippen molar-refractivity contribution in [3.05, 3.63) is 35.9 Å². The number of amides is 1. The van der Waals surface area contributed by atoms with Crippen LogP contribution in [0.5, 0.6) is 0 Å². The smallest absolute Gasteiger partial charge is 0.329 e. The second-order valence-corrected chi connectivity index (χ2v) is 14.1. The van der Waals surface area contributed by atoms with Crippen LogP contribution in [-0.4, -0.2) is 35.1 Å². The summed E-state index contributed by atoms with van der Waals surface area (Å²) in [4.78, 5) is 37.1. The summed E-state index contributed by atoms with van der Waals surface area (Å²) < 4.78 is 10.9. The number of hydrogen-bond acceptors (Lipinski definition) is 5. The summed E-state index contributed by atoms with van der Waals surface area (Å²) >= 11 is 0. The predicted molar refractivity (Wildman–Crippen MR) is 177 cm³/mol. The molecule has 0 radical (unpaired) electrons. The summed E-state index contributed by atoms with van der Waals surface area (Å²) in [6, 6.07) is 9.61. The van der Waals surface area contributed by atoms with E-state index in [1.54, 1.807) is 0 Å². The van der Waals surface area contributed by atoms with Gasteiger partial charge in [0.25, 0.3) is 0 Å². The van der Waals surface area contributed by atoms with E-state index in [4.69, 9.17) is 9.47 Å². The lowest BCUT2D eigenvalue weighted by Crippen LogP contribution is -2.44. The number of hydrogen-bond donors (Lipinski definition) is 1. The first-order valence-electron chi connectivity index (χ1n) is 17.1. The number of carbonyl (C=O) groups is 3. The molecule has 0 spiro atoms. The third-order valence-corrected chi connectivity index (χ3v) is 7.28. The van der Waals surface area contributed by atoms with E-state index in [-0.39, 0.29) is 23.4 Å². The molecule has 1 atom stereocenters. The largest absolute Gasteiger partial charge is 0.460 e. The molecule has 0 aliphatic rings. The van der Waals surface area contributed by atoms with Gasteiger partial charge in [0.05, 0.1) is 0 Å². The highest BCUT2D eigenvalue weighted by Gasteiger charge is 2.26. The average Bonchev–Trinajstić information content (AvgIpc) is 2.91. The Balaban J connectivity index is 2.05. The quantitative estimate of drug-likeness (QED) is 0.0998. The summed E-state index contributed by atoms with van der Waals surface area (Å²) in [5.74, 6) is -0.477. The van der Waals surface area contributed by atoms with Gasteiger partial charge < -0.3 is 14.8 Å². The molecule has 1 aromatic rings. The monoisotopic (exact) mass is 601 g/mol. The SMILES string of the molecule is CC(C)(C)OC(=O)CCCCCCCCCCCCCCCCC(=O)NC(CCCc1ccccc1)C(=O)OC(C)(C)C. The molecule has 0 fully saturated rings. The van der Waals surface area contributed by atoms with Crippen molar-refractivity contribution in [2.24, 2.45) is 0 Å². The van der Waals surface area contributed by atoms with Crippen LogP contribution in [0.1, 0.15) is 163 Å². The van der Waals surface area contributed by atoms with Gasteiger partial charge in [-0.2, -0.15) is 0 Å². The summed E-state index contributed by atoms with van der Waals surface area (Å²) in [5.41, 5.74) is 0.274. The van der Waals surface area contributed by atoms with Gasteiger partial charge in [-0.3, -0.25) is 9.59 Å². The Hall–Kier alpha value is -2.37. The van der Waals surface area contributed by atoms with Gasteiger partial charge in [-0.15, -0.1) is 0 Å². The topological polar surface area (TPSA) is 81.7 Å². The molecular weight excluding hydrogens is 538 g/mol. The number of unbranched alkanes of at least 4 members (excludes halogenated alkanes) is 13. The molecule has 246 valence electrons. The fraction of sp³-hybridized carbons (Fsp3) is 0.757. The summed E-state index contributed by atoms with van der Waals surface area (Å²) in [6.45, 7) is 11.3. The summed E-state index contributed by atoms with van der Waals surface area (Å²) in [7, 11) is 0. The molecule has 43 heavy (non-hydrogen) atoms. The Morgan fingerprint density at radius 1 is 0.605 bits per heavy atom. The van der Waals surface area contributed by atoms with E-state index in [2.05, 4.69) is 17.4 Å². The minimum absolute atomic E-state index is 0.0568. The molecule has 1 amide bonds. The molecule has 1 aromatic carbocycles. The van der Waals surface area contributed by atoms with Crippen LogP contribution in [0, 0.1) is 0 Å². The lowest BCUT2D eigenvalue weighted by atomic mass is 10.0. The highest BCUT2D eigenvalue weighted by atomic mass is 16.6. The Labute approximate surface area is 263 Å². The molecule has 0 heterocycles. The third-order valence-electron chi connectivity index (χ3n) is 7.28. The van der Waals surface area contributed by atoms with Crippen LogP contribution >= 0.6 is 0 Å². The molecule has 0 bridgehead atoms. The minimum atomic E-state index is -0.598. The van der Waals surface area contributed by atoms with Crippen molar-refractivity contribution >= 4 is 17.8 Å². The number of carbonyl (C=O) groups excluding carboxylic acids is 3. The normalized spacial score (nSPS) is 12.5. The van der Waals surface area contributed by atoms with Crippen LogP contribution in [0.3, 0.4) is 0 Å². The van der Waals surface area contributed by atoms with Gasteiger partial charge in [0.1, 0.15) is 17.2 Å². The van der Waals surface area contributed by atoms with E-state index >= 15 is 0 Å². The first-order valence-corrected chi connectivity index (χ1v) is 17.1. The first kappa shape index (κ1) is 38.7. The molecular formula is C37H63NO5. The zero-order valence-electron chi connectivity index (χ0n) is 28.4. The maximum Gasteiger partial charge on any atom is 0.329 e. The van der Waals surface area contributed by atoms with Crippen molar-refractivity contribution in [1.29, 1.82) is 0 Å². The number of rotatable bonds is 23. The van der Waals surface area contributed by atoms with Gasteiger partial charge in [0.15, 0.2) is 0 Å². The molecule has 0 aliphatic heterocycles. The highest BCUT2D eigenvalue weighted by molar-refractivity contribution is 5.84. The van der Waals surface area contributed by atoms with Crippen LogP contribution in [0.2, 0.25) is 0 Å². The molecule has 0 aliphatic carbocycles. The van der Waals surface area contributed by atoms with E-state index in [0.29, 0.717) is 19.3 Å². The van der Waals surface area contributed by atoms with Gasteiger partial charge in [-0.1, -0.05) is 107 Å². The van der Waals surface area contributed by atoms with Crippen molar-refractivity contribution < 1.29 is 23.9 Å². The number of nitrogens with one attached hydrogen (secondary N) is 1. The lowest BCUT2D eigenvalue weighted by Gasteiger charge is -2.24. The number of esters is 2. The third kappa shape index (κ3) is 23.7. The fourth-order valence-corrected chi connectivity index (χ4v) is 5.11. The van der Waals surface area contributed by atoms with E-state index < -0.39 is 11.6 Å². The number of aryl methyl sites for hydroxylation is 1. The molecule has 6 nitrogen and oxygen atoms in total. The van der Waals surface area contributed by atoms with Gasteiger partial charge in [0.2, 0.25) is 5.91 Å². The van der Waals surface area contributed by atoms with Crippen LogP contribution in [0.15, 0.2) is 30.3 Å². The summed E-state index contributed by atoms with van der Waals surface area (Å²) in [5, 5.41) is 2.95. The van der Waals surface area contributed by atoms with Gasteiger partial charge in [-0.25, -0.2) is 4.79 Å². The second kappa shape index (κ2) is 22.2. The maximum atomic E-state index is 12.8. The Morgan fingerprint density at radius 2 is 1.05 bits per heavy atom. The predicted octanol–water partition coefficient (Wildman–Crippen LogP) is 9.42. The van der Waals surface area contributed by atoms with E-state index in [1.807, 2.05) is 59.7 Å². The average molecular weight is 602 g/mol. The zero-order valence-corrected chi connectivity index (χ0v) is 28.4. The molecule has 1 rings (SSSR count). The molecule has 0 saturated heterocycles. The van der Waals surface area contributed by atoms with Crippen molar-refractivity contribution in [2.75, 3.05) is 0 Å². The molecule has 1 unspecified atom stereocenters. The standard InChI is InChI=1S/C37H63NO5/c1-36(2,3)42-34(40)30-23-18-16-14-12-10-8-7-9-11-13-15-17-22-29-33(39)38-32(35(41)43-37(4,5)6)28-24-27-31-25-20-19-21-26-31/h19-21,25-26,32H,7-18,22-24,27-30H2,1-6H3,(H,38,39). The van der Waals surface area contributed by atoms with Crippen LogP contribution in [0.4, 0.5) is 0 Å². The molecule has 1 N–H and O–H groups in total. The molecule has 0 aromatic heterocycles. The lowest BCUT2D eigenvalue weighted by molar-refractivity contribution is -0.159. The zero-order chi connectivity index (χ0) is 32.0. The fourth-order valence-electron chi connectivity index (χ4n) is 5.11. The van der Waals surface area contributed by atoms with Crippen LogP contribution < -0.4 is 5.32 Å². The van der Waals surface area contributed by atoms with Crippen molar-refractivity contribution in [2.45, 2.75) is 181 Å². The first-order chi connectivity index (χ1) is 20.4. The molecule has 0 saturated carbocycles. The van der Waals surface area contributed by atoms with Crippen LogP contribution in [-0.2, 0) is 30.3 Å². The Morgan fingerprint density at radius 3 is 1.51 bits per heavy atom. The Bertz CT molecular complexity index is 885. The number of ether oxygens (including phenoxy) is 2. The Kier molecular flexibility index (Phi) is 19.9. The number of benzene rings is 1. The van der Waals surface area contributed by atoms with Crippen molar-refractivity contribution in [3.8, 4) is 0 Å². The maximum absolute atomic E-state index is 12.8. The van der Waals surface area contributed by atoms with E-state index in [9.17, 15) is 14.4 Å². The molecule has 6 heteroatoms. The van der Waals surface area contributed by atoms with E-state index in [1.165, 1.54) is 63.4 Å². The van der Waals surface area contributed by atoms with Crippen LogP contribution in [0.25, 0.3) is 0 Å². The van der Waals surface area contributed by atoms with Crippen molar-refractivity contribution in [3.63, 3.8) is 0 Å². The van der Waals surface area contributed by atoms with Gasteiger partial charge >= 0.3 is 11.9 Å². The van der Waals surface area contributed by atoms with E-state index in [0.717, 1.165) is 44.9 Å². The minimum Gasteiger partial charge on any atom is -0.460 e. The second-order valence-electron chi connectivity index (χ2n) is 14.1.